The van der Waals surface area contributed by atoms with Gasteiger partial charge in [-0.3, -0.25) is 4.98 Å². The number of phenols is 1. The van der Waals surface area contributed by atoms with Crippen molar-refractivity contribution in [1.82, 2.24) is 14.5 Å². The molecule has 0 aliphatic heterocycles. The number of para-hydroxylation sites is 1. The molecular weight excluding hydrogens is 434 g/mol. The Labute approximate surface area is 183 Å². The molecule has 0 unspecified atom stereocenters. The molecule has 1 N–H and O–H groups in total. The van der Waals surface area contributed by atoms with Gasteiger partial charge in [-0.2, -0.15) is 0 Å². The zero-order chi connectivity index (χ0) is 21.6. The third-order valence-electron chi connectivity index (χ3n) is 5.20. The summed E-state index contributed by atoms with van der Waals surface area (Å²) < 4.78 is 29.1. The van der Waals surface area contributed by atoms with Crippen molar-refractivity contribution in [2.75, 3.05) is 0 Å². The molecular formula is C23H16ClN3O3S. The number of rotatable bonds is 4. The van der Waals surface area contributed by atoms with Crippen LogP contribution in [-0.2, 0) is 16.4 Å². The van der Waals surface area contributed by atoms with Gasteiger partial charge in [0.25, 0.3) is 0 Å². The number of aromatic nitrogens is 3. The van der Waals surface area contributed by atoms with Gasteiger partial charge in [0.1, 0.15) is 16.8 Å². The van der Waals surface area contributed by atoms with Crippen molar-refractivity contribution in [3.8, 4) is 5.75 Å². The van der Waals surface area contributed by atoms with Crippen molar-refractivity contribution in [1.29, 1.82) is 0 Å². The van der Waals surface area contributed by atoms with Gasteiger partial charge in [-0.1, -0.05) is 35.9 Å². The first-order chi connectivity index (χ1) is 15.0. The van der Waals surface area contributed by atoms with E-state index in [0.29, 0.717) is 28.0 Å². The van der Waals surface area contributed by atoms with E-state index in [1.165, 1.54) is 18.3 Å². The summed E-state index contributed by atoms with van der Waals surface area (Å²) in [6, 6.07) is 18.6. The second-order valence-corrected chi connectivity index (χ2v) is 9.37. The molecule has 154 valence electrons. The van der Waals surface area contributed by atoms with Gasteiger partial charge < -0.3 is 9.67 Å². The number of pyridine rings is 1. The second-order valence-electron chi connectivity index (χ2n) is 7.07. The van der Waals surface area contributed by atoms with E-state index in [1.54, 1.807) is 30.6 Å². The summed E-state index contributed by atoms with van der Waals surface area (Å²) in [7, 11) is -3.93. The maximum absolute atomic E-state index is 13.6. The number of aromatic hydroxyl groups is 1. The second kappa shape index (κ2) is 7.37. The summed E-state index contributed by atoms with van der Waals surface area (Å²) in [6.07, 6.45) is 3.12. The fourth-order valence-corrected chi connectivity index (χ4v) is 5.50. The lowest BCUT2D eigenvalue weighted by atomic mass is 10.2. The molecule has 0 fully saturated rings. The molecule has 2 heterocycles. The summed E-state index contributed by atoms with van der Waals surface area (Å²) in [5, 5.41) is 11.1. The monoisotopic (exact) mass is 449 g/mol. The van der Waals surface area contributed by atoms with Gasteiger partial charge >= 0.3 is 0 Å². The van der Waals surface area contributed by atoms with Crippen molar-refractivity contribution in [3.05, 3.63) is 89.8 Å². The van der Waals surface area contributed by atoms with E-state index in [-0.39, 0.29) is 21.1 Å². The SMILES string of the molecule is O=S(=O)(c1ccc(O)c2ncccc12)c1cccc2c1ncn2Cc1ccccc1Cl. The van der Waals surface area contributed by atoms with Crippen LogP contribution >= 0.6 is 11.6 Å². The summed E-state index contributed by atoms with van der Waals surface area (Å²) >= 11 is 6.29. The highest BCUT2D eigenvalue weighted by molar-refractivity contribution is 7.92. The largest absolute Gasteiger partial charge is 0.506 e. The molecule has 5 aromatic rings. The van der Waals surface area contributed by atoms with Crippen molar-refractivity contribution in [2.24, 2.45) is 0 Å². The molecule has 0 saturated heterocycles. The van der Waals surface area contributed by atoms with E-state index in [4.69, 9.17) is 11.6 Å². The van der Waals surface area contributed by atoms with Gasteiger partial charge in [0.2, 0.25) is 9.84 Å². The van der Waals surface area contributed by atoms with Gasteiger partial charge in [0, 0.05) is 16.6 Å². The molecule has 31 heavy (non-hydrogen) atoms. The van der Waals surface area contributed by atoms with Crippen molar-refractivity contribution in [3.63, 3.8) is 0 Å². The standard InChI is InChI=1S/C23H16ClN3O3S/c24-17-7-2-1-5-15(17)13-27-14-26-23-18(27)8-3-9-21(23)31(29,30)20-11-10-19(28)22-16(20)6-4-12-25-22/h1-12,14,28H,13H2. The molecule has 0 spiro atoms. The highest BCUT2D eigenvalue weighted by Crippen LogP contribution is 2.34. The van der Waals surface area contributed by atoms with Crippen molar-refractivity contribution >= 4 is 43.4 Å². The van der Waals surface area contributed by atoms with E-state index in [2.05, 4.69) is 9.97 Å². The van der Waals surface area contributed by atoms with E-state index >= 15 is 0 Å². The van der Waals surface area contributed by atoms with Crippen LogP contribution in [0.4, 0.5) is 0 Å². The topological polar surface area (TPSA) is 85.1 Å². The molecule has 0 aliphatic carbocycles. The van der Waals surface area contributed by atoms with Crippen LogP contribution < -0.4 is 0 Å². The average molecular weight is 450 g/mol. The highest BCUT2D eigenvalue weighted by Gasteiger charge is 2.25. The minimum Gasteiger partial charge on any atom is -0.506 e. The van der Waals surface area contributed by atoms with E-state index in [0.717, 1.165) is 5.56 Å². The Balaban J connectivity index is 1.67. The molecule has 0 saturated carbocycles. The Morgan fingerprint density at radius 2 is 1.71 bits per heavy atom. The van der Waals surface area contributed by atoms with Crippen molar-refractivity contribution < 1.29 is 13.5 Å². The van der Waals surface area contributed by atoms with Gasteiger partial charge in [0.05, 0.1) is 28.2 Å². The molecule has 0 aliphatic rings. The van der Waals surface area contributed by atoms with Gasteiger partial charge in [-0.25, -0.2) is 13.4 Å². The molecule has 3 aromatic carbocycles. The van der Waals surface area contributed by atoms with Gasteiger partial charge in [0.15, 0.2) is 0 Å². The number of fused-ring (bicyclic) bond motifs is 2. The maximum Gasteiger partial charge on any atom is 0.209 e. The highest BCUT2D eigenvalue weighted by atomic mass is 35.5. The molecule has 0 atom stereocenters. The number of hydrogen-bond acceptors (Lipinski definition) is 5. The first kappa shape index (κ1) is 19.5. The summed E-state index contributed by atoms with van der Waals surface area (Å²) in [5.41, 5.74) is 2.20. The predicted octanol–water partition coefficient (Wildman–Crippen LogP) is 4.82. The lowest BCUT2D eigenvalue weighted by molar-refractivity contribution is 0.480. The Hall–Kier alpha value is -3.42. The number of benzene rings is 3. The minimum absolute atomic E-state index is 0.0709. The Kier molecular flexibility index (Phi) is 4.64. The van der Waals surface area contributed by atoms with E-state index in [1.807, 2.05) is 34.9 Å². The van der Waals surface area contributed by atoms with E-state index in [9.17, 15) is 13.5 Å². The Bertz CT molecular complexity index is 1560. The Morgan fingerprint density at radius 3 is 2.55 bits per heavy atom. The smallest absolute Gasteiger partial charge is 0.209 e. The molecule has 6 nitrogen and oxygen atoms in total. The minimum atomic E-state index is -3.93. The average Bonchev–Trinajstić information content (AvgIpc) is 3.18. The first-order valence-corrected chi connectivity index (χ1v) is 11.3. The van der Waals surface area contributed by atoms with Crippen molar-refractivity contribution in [2.45, 2.75) is 16.3 Å². The van der Waals surface area contributed by atoms with E-state index < -0.39 is 9.84 Å². The molecule has 2 aromatic heterocycles. The third-order valence-corrected chi connectivity index (χ3v) is 7.41. The number of hydrogen-bond donors (Lipinski definition) is 1. The van der Waals surface area contributed by atoms with Crippen LogP contribution in [0.15, 0.2) is 89.0 Å². The van der Waals surface area contributed by atoms with Crippen LogP contribution in [0.2, 0.25) is 5.02 Å². The third kappa shape index (κ3) is 3.22. The summed E-state index contributed by atoms with van der Waals surface area (Å²) in [4.78, 5) is 8.70. The lowest BCUT2D eigenvalue weighted by Crippen LogP contribution is -2.05. The van der Waals surface area contributed by atoms with Crippen LogP contribution in [0.5, 0.6) is 5.75 Å². The van der Waals surface area contributed by atoms with Crippen LogP contribution in [-0.4, -0.2) is 28.1 Å². The zero-order valence-corrected chi connectivity index (χ0v) is 17.7. The summed E-state index contributed by atoms with van der Waals surface area (Å²) in [5.74, 6) is -0.0724. The van der Waals surface area contributed by atoms with Crippen LogP contribution in [0.25, 0.3) is 21.9 Å². The van der Waals surface area contributed by atoms with Gasteiger partial charge in [-0.15, -0.1) is 0 Å². The molecule has 5 rings (SSSR count). The molecule has 8 heteroatoms. The number of sulfone groups is 1. The van der Waals surface area contributed by atoms with Crippen LogP contribution in [0.3, 0.4) is 0 Å². The van der Waals surface area contributed by atoms with Gasteiger partial charge in [-0.05, 0) is 48.0 Å². The normalized spacial score (nSPS) is 11.9. The van der Waals surface area contributed by atoms with Crippen LogP contribution in [0, 0.1) is 0 Å². The molecule has 0 bridgehead atoms. The molecule has 0 amide bonds. The lowest BCUT2D eigenvalue weighted by Gasteiger charge is -2.10. The van der Waals surface area contributed by atoms with Crippen LogP contribution in [0.1, 0.15) is 5.56 Å². The predicted molar refractivity (Wildman–Crippen MR) is 119 cm³/mol. The summed E-state index contributed by atoms with van der Waals surface area (Å²) in [6.45, 7) is 0.464. The Morgan fingerprint density at radius 1 is 0.871 bits per heavy atom. The number of imidazole rings is 1. The number of phenolic OH excluding ortho intramolecular Hbond substituents is 1. The maximum atomic E-state index is 13.6. The molecule has 0 radical (unpaired) electrons. The number of halogens is 1. The first-order valence-electron chi connectivity index (χ1n) is 9.46. The number of nitrogens with zero attached hydrogens (tertiary/aromatic N) is 3. The fraction of sp³-hybridized carbons (Fsp3) is 0.0435. The zero-order valence-electron chi connectivity index (χ0n) is 16.1. The quantitative estimate of drug-likeness (QED) is 0.425. The fourth-order valence-electron chi connectivity index (χ4n) is 3.70.